The van der Waals surface area contributed by atoms with Gasteiger partial charge in [-0.1, -0.05) is 48.2 Å². The minimum atomic E-state index is -0.202. The Morgan fingerprint density at radius 2 is 2.00 bits per heavy atom. The molecular formula is C22H20N2O3S2. The van der Waals surface area contributed by atoms with Crippen molar-refractivity contribution in [2.45, 2.75) is 33.0 Å². The molecule has 1 N–H and O–H groups in total. The molecule has 0 atom stereocenters. The molecule has 148 valence electrons. The number of nitrogens with one attached hydrogen (secondary N) is 1. The molecule has 1 aromatic carbocycles. The van der Waals surface area contributed by atoms with Crippen LogP contribution in [0.5, 0.6) is 0 Å². The van der Waals surface area contributed by atoms with Crippen LogP contribution in [0.1, 0.15) is 32.1 Å². The molecule has 0 aliphatic carbocycles. The van der Waals surface area contributed by atoms with Crippen molar-refractivity contribution in [3.05, 3.63) is 59.0 Å². The largest absolute Gasteiger partial charge is 0.456 e. The minimum absolute atomic E-state index is 0.175. The zero-order valence-electron chi connectivity index (χ0n) is 16.3. The number of amides is 1. The van der Waals surface area contributed by atoms with Crippen LogP contribution in [0.25, 0.3) is 28.2 Å². The van der Waals surface area contributed by atoms with Crippen molar-refractivity contribution in [2.24, 2.45) is 0 Å². The van der Waals surface area contributed by atoms with Gasteiger partial charge < -0.3 is 14.5 Å². The fourth-order valence-electron chi connectivity index (χ4n) is 2.89. The molecule has 29 heavy (non-hydrogen) atoms. The second kappa shape index (κ2) is 7.74. The smallest absolute Gasteiger partial charge is 0.263 e. The molecule has 4 rings (SSSR count). The molecule has 0 bridgehead atoms. The third kappa shape index (κ3) is 4.58. The van der Waals surface area contributed by atoms with Gasteiger partial charge in [-0.05, 0) is 38.0 Å². The lowest BCUT2D eigenvalue weighted by atomic mass is 10.0. The average Bonchev–Trinajstić information content (AvgIpc) is 3.21. The van der Waals surface area contributed by atoms with E-state index in [-0.39, 0.29) is 11.5 Å². The first-order valence-electron chi connectivity index (χ1n) is 9.14. The van der Waals surface area contributed by atoms with E-state index < -0.39 is 0 Å². The number of benzene rings is 1. The second-order valence-corrected chi connectivity index (χ2v) is 9.42. The van der Waals surface area contributed by atoms with Crippen LogP contribution in [0.2, 0.25) is 0 Å². The first kappa shape index (κ1) is 19.8. The Morgan fingerprint density at radius 1 is 1.24 bits per heavy atom. The number of carbonyl (C=O) groups excluding carboxylic acids is 1. The third-order valence-electron chi connectivity index (χ3n) is 4.29. The molecule has 1 aliphatic heterocycles. The summed E-state index contributed by atoms with van der Waals surface area (Å²) in [5, 5.41) is 3.48. The molecule has 3 aromatic rings. The van der Waals surface area contributed by atoms with Gasteiger partial charge in [0.15, 0.2) is 0 Å². The zero-order valence-corrected chi connectivity index (χ0v) is 17.9. The van der Waals surface area contributed by atoms with Crippen molar-refractivity contribution in [3.8, 4) is 11.1 Å². The fraction of sp³-hybridized carbons (Fsp3) is 0.227. The maximum Gasteiger partial charge on any atom is 0.263 e. The van der Waals surface area contributed by atoms with Gasteiger partial charge in [-0.2, -0.15) is 0 Å². The molecule has 1 amide bonds. The highest BCUT2D eigenvalue weighted by atomic mass is 32.2. The van der Waals surface area contributed by atoms with Crippen LogP contribution in [0.4, 0.5) is 0 Å². The highest BCUT2D eigenvalue weighted by Crippen LogP contribution is 2.33. The van der Waals surface area contributed by atoms with Gasteiger partial charge in [0.05, 0.1) is 17.1 Å². The van der Waals surface area contributed by atoms with Crippen molar-refractivity contribution < 1.29 is 13.9 Å². The number of fused-ring (bicyclic) bond motifs is 1. The molecule has 0 radical (unpaired) electrons. The number of thiocarbonyl (C=S) groups is 1. The van der Waals surface area contributed by atoms with E-state index >= 15 is 0 Å². The lowest BCUT2D eigenvalue weighted by molar-refractivity contribution is -0.115. The van der Waals surface area contributed by atoms with Crippen molar-refractivity contribution in [3.63, 3.8) is 0 Å². The summed E-state index contributed by atoms with van der Waals surface area (Å²) in [4.78, 5) is 16.7. The number of furan rings is 1. The Kier molecular flexibility index (Phi) is 5.29. The maximum atomic E-state index is 11.9. The Labute approximate surface area is 178 Å². The number of rotatable bonds is 4. The molecule has 0 unspecified atom stereocenters. The molecule has 1 aliphatic rings. The first-order chi connectivity index (χ1) is 13.8. The Hall–Kier alpha value is -2.48. The van der Waals surface area contributed by atoms with Gasteiger partial charge in [-0.25, -0.2) is 0 Å². The molecule has 3 heterocycles. The maximum absolute atomic E-state index is 11.9. The number of ether oxygens (including phenoxy) is 1. The lowest BCUT2D eigenvalue weighted by Gasteiger charge is -2.19. The number of hydrogen-bond donors (Lipinski definition) is 1. The van der Waals surface area contributed by atoms with E-state index in [2.05, 4.69) is 10.3 Å². The molecule has 1 fully saturated rings. The second-order valence-electron chi connectivity index (χ2n) is 7.70. The van der Waals surface area contributed by atoms with Gasteiger partial charge in [0.1, 0.15) is 15.7 Å². The van der Waals surface area contributed by atoms with Crippen LogP contribution in [0.15, 0.2) is 52.0 Å². The lowest BCUT2D eigenvalue weighted by Crippen LogP contribution is -2.18. The minimum Gasteiger partial charge on any atom is -0.456 e. The Bertz CT molecular complexity index is 1130. The number of aromatic nitrogens is 1. The molecule has 5 nitrogen and oxygen atoms in total. The Morgan fingerprint density at radius 3 is 2.66 bits per heavy atom. The third-order valence-corrected chi connectivity index (χ3v) is 5.46. The van der Waals surface area contributed by atoms with Crippen molar-refractivity contribution in [1.82, 2.24) is 10.3 Å². The summed E-state index contributed by atoms with van der Waals surface area (Å²) in [6.45, 7) is 6.68. The molecular weight excluding hydrogens is 404 g/mol. The summed E-state index contributed by atoms with van der Waals surface area (Å²) in [6, 6.07) is 10.0. The highest BCUT2D eigenvalue weighted by Gasteiger charge is 2.23. The summed E-state index contributed by atoms with van der Waals surface area (Å²) in [6.07, 6.45) is 5.24. The van der Waals surface area contributed by atoms with Gasteiger partial charge in [-0.3, -0.25) is 9.78 Å². The standard InChI is InChI=1S/C22H20N2O3S2/c1-22(2,3)26-12-13-4-6-14(7-5-13)17-11-23-10-15-8-16(27-19(15)17)9-18-20(25)24-21(28)29-18/h4-11H,12H2,1-3H3,(H,24,25,28). The van der Waals surface area contributed by atoms with E-state index in [4.69, 9.17) is 21.4 Å². The van der Waals surface area contributed by atoms with E-state index in [9.17, 15) is 4.79 Å². The predicted octanol–water partition coefficient (Wildman–Crippen LogP) is 5.30. The first-order valence-corrected chi connectivity index (χ1v) is 10.4. The molecule has 1 saturated heterocycles. The van der Waals surface area contributed by atoms with E-state index in [0.717, 1.165) is 27.7 Å². The van der Waals surface area contributed by atoms with Crippen LogP contribution in [-0.4, -0.2) is 20.8 Å². The number of pyridine rings is 1. The van der Waals surface area contributed by atoms with Crippen molar-refractivity contribution >= 4 is 51.3 Å². The molecule has 0 saturated carbocycles. The van der Waals surface area contributed by atoms with E-state index in [1.165, 1.54) is 11.8 Å². The summed E-state index contributed by atoms with van der Waals surface area (Å²) < 4.78 is 12.3. The number of thioether (sulfide) groups is 1. The van der Waals surface area contributed by atoms with Gasteiger partial charge in [-0.15, -0.1) is 0 Å². The van der Waals surface area contributed by atoms with Crippen molar-refractivity contribution in [1.29, 1.82) is 0 Å². The van der Waals surface area contributed by atoms with Crippen LogP contribution in [0.3, 0.4) is 0 Å². The van der Waals surface area contributed by atoms with E-state index in [1.807, 2.05) is 51.1 Å². The predicted molar refractivity (Wildman–Crippen MR) is 120 cm³/mol. The Balaban J connectivity index is 1.63. The molecule has 7 heteroatoms. The molecule has 2 aromatic heterocycles. The van der Waals surface area contributed by atoms with E-state index in [1.54, 1.807) is 18.5 Å². The van der Waals surface area contributed by atoms with Crippen LogP contribution in [0, 0.1) is 0 Å². The summed E-state index contributed by atoms with van der Waals surface area (Å²) in [7, 11) is 0. The monoisotopic (exact) mass is 424 g/mol. The fourth-order valence-corrected chi connectivity index (χ4v) is 3.91. The van der Waals surface area contributed by atoms with Crippen LogP contribution < -0.4 is 5.32 Å². The quantitative estimate of drug-likeness (QED) is 0.453. The number of carbonyl (C=O) groups is 1. The summed E-state index contributed by atoms with van der Waals surface area (Å²) >= 11 is 6.26. The highest BCUT2D eigenvalue weighted by molar-refractivity contribution is 8.26. The topological polar surface area (TPSA) is 64.4 Å². The van der Waals surface area contributed by atoms with Gasteiger partial charge >= 0.3 is 0 Å². The van der Waals surface area contributed by atoms with Gasteiger partial charge in [0.25, 0.3) is 5.91 Å². The SMILES string of the molecule is CC(C)(C)OCc1ccc(-c2cncc3cc(C=C4SC(=S)NC4=O)oc23)cc1. The zero-order chi connectivity index (χ0) is 20.6. The van der Waals surface area contributed by atoms with Gasteiger partial charge in [0, 0.05) is 29.4 Å². The van der Waals surface area contributed by atoms with Crippen LogP contribution in [-0.2, 0) is 16.1 Å². The van der Waals surface area contributed by atoms with Crippen LogP contribution >= 0.6 is 24.0 Å². The average molecular weight is 425 g/mol. The number of hydrogen-bond acceptors (Lipinski definition) is 6. The summed E-state index contributed by atoms with van der Waals surface area (Å²) in [5.41, 5.74) is 3.57. The number of nitrogens with zero attached hydrogens (tertiary/aromatic N) is 1. The normalized spacial score (nSPS) is 16.0. The molecule has 0 spiro atoms. The van der Waals surface area contributed by atoms with E-state index in [0.29, 0.717) is 21.6 Å². The van der Waals surface area contributed by atoms with Gasteiger partial charge in [0.2, 0.25) is 0 Å². The summed E-state index contributed by atoms with van der Waals surface area (Å²) in [5.74, 6) is 0.388. The van der Waals surface area contributed by atoms with Crippen molar-refractivity contribution in [2.75, 3.05) is 0 Å².